The maximum atomic E-state index is 11.1. The summed E-state index contributed by atoms with van der Waals surface area (Å²) < 4.78 is 0. The number of carbonyl (C=O) groups is 1. The molecular weight excluding hydrogens is 316 g/mol. The van der Waals surface area contributed by atoms with E-state index in [-0.39, 0.29) is 5.91 Å². The predicted molar refractivity (Wildman–Crippen MR) is 100 cm³/mol. The zero-order valence-electron chi connectivity index (χ0n) is 13.7. The van der Waals surface area contributed by atoms with Crippen LogP contribution in [-0.4, -0.2) is 15.9 Å². The minimum Gasteiger partial charge on any atom is -0.393 e. The Bertz CT molecular complexity index is 864. The van der Waals surface area contributed by atoms with Crippen LogP contribution in [0.25, 0.3) is 0 Å². The molecule has 0 fully saturated rings. The van der Waals surface area contributed by atoms with Crippen molar-refractivity contribution in [1.82, 2.24) is 9.97 Å². The van der Waals surface area contributed by atoms with Gasteiger partial charge in [0.05, 0.1) is 0 Å². The van der Waals surface area contributed by atoms with Crippen LogP contribution in [0, 0.1) is 0 Å². The zero-order valence-corrected chi connectivity index (χ0v) is 13.7. The lowest BCUT2D eigenvalue weighted by Gasteiger charge is -2.13. The average molecular weight is 334 g/mol. The van der Waals surface area contributed by atoms with Crippen LogP contribution in [0.2, 0.25) is 0 Å². The van der Waals surface area contributed by atoms with Crippen LogP contribution in [0.5, 0.6) is 0 Å². The van der Waals surface area contributed by atoms with Crippen LogP contribution in [0.3, 0.4) is 0 Å². The summed E-state index contributed by atoms with van der Waals surface area (Å²) in [4.78, 5) is 19.4. The Hall–Kier alpha value is -3.61. The molecule has 25 heavy (non-hydrogen) atoms. The molecule has 1 heterocycles. The average Bonchev–Trinajstić information content (AvgIpc) is 2.60. The highest BCUT2D eigenvalue weighted by Crippen LogP contribution is 2.28. The largest absolute Gasteiger partial charge is 0.393 e. The van der Waals surface area contributed by atoms with Gasteiger partial charge in [-0.25, -0.2) is 9.97 Å². The lowest BCUT2D eigenvalue weighted by molar-refractivity contribution is -0.114. The van der Waals surface area contributed by atoms with Crippen molar-refractivity contribution < 1.29 is 4.79 Å². The molecule has 1 aromatic heterocycles. The zero-order chi connectivity index (χ0) is 17.6. The van der Waals surface area contributed by atoms with Crippen LogP contribution < -0.4 is 21.7 Å². The monoisotopic (exact) mass is 334 g/mol. The molecule has 2 aromatic carbocycles. The molecule has 0 saturated heterocycles. The number of carbonyl (C=O) groups excluding carboxylic acids is 1. The highest BCUT2D eigenvalue weighted by Gasteiger charge is 2.09. The van der Waals surface area contributed by atoms with Crippen molar-refractivity contribution in [1.29, 1.82) is 0 Å². The Kier molecular flexibility index (Phi) is 4.75. The Morgan fingerprint density at radius 3 is 1.92 bits per heavy atom. The van der Waals surface area contributed by atoms with Gasteiger partial charge in [-0.05, 0) is 36.4 Å². The molecule has 5 N–H and O–H groups in total. The van der Waals surface area contributed by atoms with Gasteiger partial charge in [-0.3, -0.25) is 4.79 Å². The molecule has 0 bridgehead atoms. The van der Waals surface area contributed by atoms with Gasteiger partial charge in [0, 0.05) is 24.0 Å². The van der Waals surface area contributed by atoms with Crippen molar-refractivity contribution in [2.75, 3.05) is 21.7 Å². The molecule has 126 valence electrons. The first kappa shape index (κ1) is 16.3. The van der Waals surface area contributed by atoms with Crippen molar-refractivity contribution in [2.45, 2.75) is 6.92 Å². The van der Waals surface area contributed by atoms with Crippen LogP contribution in [-0.2, 0) is 4.79 Å². The van der Waals surface area contributed by atoms with Crippen molar-refractivity contribution >= 4 is 40.3 Å². The molecule has 1 amide bonds. The van der Waals surface area contributed by atoms with Gasteiger partial charge in [0.25, 0.3) is 0 Å². The number of anilines is 6. The SMILES string of the molecule is CC(=O)Nc1ccc(Nc2ncnc(Nc3ccccc3)c2N)cc1. The number of hydrogen-bond donors (Lipinski definition) is 4. The molecule has 0 unspecified atom stereocenters. The first-order valence-electron chi connectivity index (χ1n) is 7.69. The van der Waals surface area contributed by atoms with E-state index in [0.29, 0.717) is 17.3 Å². The van der Waals surface area contributed by atoms with E-state index in [9.17, 15) is 4.79 Å². The number of hydrogen-bond acceptors (Lipinski definition) is 6. The number of rotatable bonds is 5. The molecule has 3 rings (SSSR count). The molecule has 0 spiro atoms. The van der Waals surface area contributed by atoms with Crippen molar-refractivity contribution in [3.8, 4) is 0 Å². The highest BCUT2D eigenvalue weighted by atomic mass is 16.1. The molecule has 7 heteroatoms. The number of amides is 1. The number of nitrogen functional groups attached to an aromatic ring is 1. The quantitative estimate of drug-likeness (QED) is 0.569. The standard InChI is InChI=1S/C18H18N6O/c1-12(25)22-14-7-9-15(10-8-14)24-18-16(19)17(20-11-21-18)23-13-5-3-2-4-6-13/h2-11H,19H2,1H3,(H,22,25)(H2,20,21,23,24). The molecule has 3 aromatic rings. The highest BCUT2D eigenvalue weighted by molar-refractivity contribution is 5.89. The second-order valence-corrected chi connectivity index (χ2v) is 5.36. The summed E-state index contributed by atoms with van der Waals surface area (Å²) in [6, 6.07) is 16.9. The Morgan fingerprint density at radius 2 is 1.36 bits per heavy atom. The molecule has 0 aliphatic heterocycles. The lowest BCUT2D eigenvalue weighted by atomic mass is 10.2. The molecular formula is C18H18N6O. The maximum absolute atomic E-state index is 11.1. The second-order valence-electron chi connectivity index (χ2n) is 5.36. The molecule has 7 nitrogen and oxygen atoms in total. The third kappa shape index (κ3) is 4.23. The van der Waals surface area contributed by atoms with Gasteiger partial charge in [0.1, 0.15) is 12.0 Å². The minimum atomic E-state index is -0.114. The van der Waals surface area contributed by atoms with E-state index in [1.807, 2.05) is 42.5 Å². The van der Waals surface area contributed by atoms with Crippen molar-refractivity contribution in [2.24, 2.45) is 0 Å². The second kappa shape index (κ2) is 7.31. The van der Waals surface area contributed by atoms with Gasteiger partial charge in [-0.15, -0.1) is 0 Å². The van der Waals surface area contributed by atoms with E-state index in [1.165, 1.54) is 13.3 Å². The predicted octanol–water partition coefficient (Wildman–Crippen LogP) is 3.50. The fourth-order valence-electron chi connectivity index (χ4n) is 2.23. The third-order valence-electron chi connectivity index (χ3n) is 3.39. The minimum absolute atomic E-state index is 0.114. The number of para-hydroxylation sites is 1. The van der Waals surface area contributed by atoms with Gasteiger partial charge in [0.2, 0.25) is 5.91 Å². The first-order valence-corrected chi connectivity index (χ1v) is 7.69. The van der Waals surface area contributed by atoms with Crippen LogP contribution in [0.4, 0.5) is 34.4 Å². The summed E-state index contributed by atoms with van der Waals surface area (Å²) in [5.74, 6) is 0.914. The summed E-state index contributed by atoms with van der Waals surface area (Å²) in [6.07, 6.45) is 1.44. The van der Waals surface area contributed by atoms with Crippen molar-refractivity contribution in [3.05, 3.63) is 60.9 Å². The molecule has 0 saturated carbocycles. The van der Waals surface area contributed by atoms with Gasteiger partial charge in [-0.1, -0.05) is 18.2 Å². The first-order chi connectivity index (χ1) is 12.1. The van der Waals surface area contributed by atoms with E-state index in [2.05, 4.69) is 25.9 Å². The summed E-state index contributed by atoms with van der Waals surface area (Å²) in [7, 11) is 0. The van der Waals surface area contributed by atoms with E-state index >= 15 is 0 Å². The van der Waals surface area contributed by atoms with Gasteiger partial charge < -0.3 is 21.7 Å². The summed E-state index contributed by atoms with van der Waals surface area (Å²) in [5, 5.41) is 9.03. The van der Waals surface area contributed by atoms with Crippen LogP contribution >= 0.6 is 0 Å². The smallest absolute Gasteiger partial charge is 0.221 e. The van der Waals surface area contributed by atoms with E-state index in [0.717, 1.165) is 17.1 Å². The third-order valence-corrected chi connectivity index (χ3v) is 3.39. The van der Waals surface area contributed by atoms with Crippen LogP contribution in [0.1, 0.15) is 6.92 Å². The van der Waals surface area contributed by atoms with Gasteiger partial charge in [-0.2, -0.15) is 0 Å². The number of nitrogens with two attached hydrogens (primary N) is 1. The topological polar surface area (TPSA) is 105 Å². The van der Waals surface area contributed by atoms with Crippen molar-refractivity contribution in [3.63, 3.8) is 0 Å². The summed E-state index contributed by atoms with van der Waals surface area (Å²) in [6.45, 7) is 1.47. The van der Waals surface area contributed by atoms with E-state index in [4.69, 9.17) is 5.73 Å². The van der Waals surface area contributed by atoms with Gasteiger partial charge in [0.15, 0.2) is 11.6 Å². The lowest BCUT2D eigenvalue weighted by Crippen LogP contribution is -2.06. The molecule has 0 radical (unpaired) electrons. The normalized spacial score (nSPS) is 10.1. The number of nitrogens with one attached hydrogen (secondary N) is 3. The Morgan fingerprint density at radius 1 is 0.840 bits per heavy atom. The fraction of sp³-hybridized carbons (Fsp3) is 0.0556. The Labute approximate surface area is 145 Å². The van der Waals surface area contributed by atoms with E-state index in [1.54, 1.807) is 12.1 Å². The maximum Gasteiger partial charge on any atom is 0.221 e. The molecule has 0 atom stereocenters. The Balaban J connectivity index is 1.76. The van der Waals surface area contributed by atoms with Gasteiger partial charge >= 0.3 is 0 Å². The summed E-state index contributed by atoms with van der Waals surface area (Å²) >= 11 is 0. The number of benzene rings is 2. The summed E-state index contributed by atoms with van der Waals surface area (Å²) in [5.41, 5.74) is 8.99. The fourth-order valence-corrected chi connectivity index (χ4v) is 2.23. The molecule has 0 aliphatic rings. The van der Waals surface area contributed by atoms with E-state index < -0.39 is 0 Å². The molecule has 0 aliphatic carbocycles. The number of aromatic nitrogens is 2. The van der Waals surface area contributed by atoms with Crippen LogP contribution in [0.15, 0.2) is 60.9 Å². The number of nitrogens with zero attached hydrogens (tertiary/aromatic N) is 2.